The van der Waals surface area contributed by atoms with Crippen molar-refractivity contribution in [1.82, 2.24) is 5.32 Å². The molecule has 0 saturated carbocycles. The summed E-state index contributed by atoms with van der Waals surface area (Å²) in [4.78, 5) is 10.1. The maximum atomic E-state index is 6.78. The Balaban J connectivity index is 1.09. The topological polar surface area (TPSA) is 46.0 Å². The van der Waals surface area contributed by atoms with E-state index in [0.717, 1.165) is 56.6 Å². The zero-order valence-electron chi connectivity index (χ0n) is 27.1. The summed E-state index contributed by atoms with van der Waals surface area (Å²) in [7, 11) is 0. The Labute approximate surface area is 291 Å². The molecule has 0 bridgehead atoms. The van der Waals surface area contributed by atoms with Crippen molar-refractivity contribution in [3.8, 4) is 33.8 Å². The first-order chi connectivity index (χ1) is 24.8. The first kappa shape index (κ1) is 28.5. The Kier molecular flexibility index (Phi) is 6.43. The molecule has 0 fully saturated rings. The highest BCUT2D eigenvalue weighted by molar-refractivity contribution is 6.16. The fourth-order valence-corrected chi connectivity index (χ4v) is 8.00. The zero-order chi connectivity index (χ0) is 33.1. The predicted octanol–water partition coefficient (Wildman–Crippen LogP) is 10.3. The molecule has 10 rings (SSSR count). The lowest BCUT2D eigenvalue weighted by Gasteiger charge is -2.39. The van der Waals surface area contributed by atoms with Crippen LogP contribution in [0.4, 0.5) is 0 Å². The fraction of sp³-hybridized carbons (Fsp3) is 0.0435. The van der Waals surface area contributed by atoms with Gasteiger partial charge in [0.05, 0.1) is 5.41 Å². The average Bonchev–Trinajstić information content (AvgIpc) is 3.49. The molecule has 4 nitrogen and oxygen atoms in total. The lowest BCUT2D eigenvalue weighted by Crippen LogP contribution is -2.36. The smallest absolute Gasteiger partial charge is 0.169 e. The van der Waals surface area contributed by atoms with Gasteiger partial charge in [-0.15, -0.1) is 0 Å². The molecule has 1 unspecified atom stereocenters. The third kappa shape index (κ3) is 4.32. The molecule has 4 heteroatoms. The number of aliphatic imine (C=N–C) groups is 2. The molecule has 0 amide bonds. The number of rotatable bonds is 4. The number of hydrogen-bond donors (Lipinski definition) is 1. The molecule has 1 atom stereocenters. The van der Waals surface area contributed by atoms with Crippen LogP contribution in [0.5, 0.6) is 11.5 Å². The molecule has 3 aliphatic rings. The normalized spacial score (nSPS) is 16.1. The maximum absolute atomic E-state index is 6.78. The van der Waals surface area contributed by atoms with Crippen LogP contribution in [-0.4, -0.2) is 11.7 Å². The number of nitrogens with one attached hydrogen (secondary N) is 1. The van der Waals surface area contributed by atoms with E-state index in [9.17, 15) is 0 Å². The van der Waals surface area contributed by atoms with Crippen LogP contribution in [0.2, 0.25) is 0 Å². The summed E-state index contributed by atoms with van der Waals surface area (Å²) in [5.41, 5.74) is 12.2. The van der Waals surface area contributed by atoms with Crippen LogP contribution < -0.4 is 10.1 Å². The minimum Gasteiger partial charge on any atom is -0.457 e. The summed E-state index contributed by atoms with van der Waals surface area (Å²) in [6, 6.07) is 61.9. The monoisotopic (exact) mass is 641 g/mol. The summed E-state index contributed by atoms with van der Waals surface area (Å²) < 4.78 is 6.78. The lowest BCUT2D eigenvalue weighted by atomic mass is 9.66. The summed E-state index contributed by atoms with van der Waals surface area (Å²) in [5.74, 6) is 3.35. The molecular formula is C46H31N3O. The molecule has 1 spiro atoms. The second kappa shape index (κ2) is 11.3. The summed E-state index contributed by atoms with van der Waals surface area (Å²) in [5, 5.41) is 3.55. The Hall–Kier alpha value is -6.52. The van der Waals surface area contributed by atoms with Crippen LogP contribution in [0.25, 0.3) is 22.3 Å². The largest absolute Gasteiger partial charge is 0.457 e. The van der Waals surface area contributed by atoms with E-state index in [2.05, 4.69) is 145 Å². The SMILES string of the molecule is c1ccc(C2=NC(c3ccccc3)N=C(c3cccc(-c4ccc5c(c4)Oc4ccccc4C54c5ccccc5-c5ccccc54)c3)N2)cc1. The van der Waals surface area contributed by atoms with E-state index in [-0.39, 0.29) is 6.17 Å². The molecule has 0 radical (unpaired) electrons. The summed E-state index contributed by atoms with van der Waals surface area (Å²) in [6.45, 7) is 0. The number of nitrogens with zero attached hydrogens (tertiary/aromatic N) is 2. The van der Waals surface area contributed by atoms with Gasteiger partial charge in [-0.05, 0) is 57.1 Å². The third-order valence-corrected chi connectivity index (χ3v) is 10.2. The van der Waals surface area contributed by atoms with Crippen molar-refractivity contribution in [2.24, 2.45) is 9.98 Å². The minimum absolute atomic E-state index is 0.350. The van der Waals surface area contributed by atoms with Gasteiger partial charge in [-0.1, -0.05) is 158 Å². The van der Waals surface area contributed by atoms with Crippen LogP contribution in [0, 0.1) is 0 Å². The van der Waals surface area contributed by atoms with E-state index in [1.165, 1.54) is 27.8 Å². The molecule has 236 valence electrons. The van der Waals surface area contributed by atoms with Crippen molar-refractivity contribution >= 4 is 11.7 Å². The van der Waals surface area contributed by atoms with Crippen molar-refractivity contribution in [2.75, 3.05) is 0 Å². The van der Waals surface area contributed by atoms with Gasteiger partial charge in [-0.3, -0.25) is 0 Å². The highest BCUT2D eigenvalue weighted by Crippen LogP contribution is 2.62. The van der Waals surface area contributed by atoms with E-state index in [1.807, 2.05) is 36.4 Å². The Morgan fingerprint density at radius 3 is 1.70 bits per heavy atom. The number of fused-ring (bicyclic) bond motifs is 9. The lowest BCUT2D eigenvalue weighted by molar-refractivity contribution is 0.436. The second-order valence-corrected chi connectivity index (χ2v) is 13.0. The van der Waals surface area contributed by atoms with E-state index >= 15 is 0 Å². The molecule has 0 saturated heterocycles. The highest BCUT2D eigenvalue weighted by Gasteiger charge is 2.50. The van der Waals surface area contributed by atoms with Crippen molar-refractivity contribution < 1.29 is 4.74 Å². The Bertz CT molecular complexity index is 2450. The minimum atomic E-state index is -0.474. The predicted molar refractivity (Wildman–Crippen MR) is 201 cm³/mol. The molecule has 0 aromatic heterocycles. The van der Waals surface area contributed by atoms with Crippen LogP contribution in [-0.2, 0) is 5.41 Å². The molecule has 2 heterocycles. The number of ether oxygens (including phenoxy) is 1. The first-order valence-corrected chi connectivity index (χ1v) is 17.0. The van der Waals surface area contributed by atoms with Crippen LogP contribution in [0.1, 0.15) is 45.1 Å². The van der Waals surface area contributed by atoms with Gasteiger partial charge in [-0.2, -0.15) is 0 Å². The number of hydrogen-bond acceptors (Lipinski definition) is 4. The second-order valence-electron chi connectivity index (χ2n) is 13.0. The van der Waals surface area contributed by atoms with Crippen molar-refractivity contribution in [2.45, 2.75) is 11.6 Å². The molecule has 7 aromatic carbocycles. The Morgan fingerprint density at radius 1 is 0.420 bits per heavy atom. The zero-order valence-corrected chi connectivity index (χ0v) is 27.1. The number of benzene rings is 7. The van der Waals surface area contributed by atoms with Gasteiger partial charge in [0, 0.05) is 22.3 Å². The summed E-state index contributed by atoms with van der Waals surface area (Å²) >= 11 is 0. The van der Waals surface area contributed by atoms with Gasteiger partial charge in [0.25, 0.3) is 0 Å². The van der Waals surface area contributed by atoms with E-state index in [4.69, 9.17) is 14.7 Å². The maximum Gasteiger partial charge on any atom is 0.169 e. The standard InChI is InChI=1S/C46H31N3O/c1-3-14-30(15-4-1)43-47-44(31-16-5-2-6-17-31)49-45(48-43)34-19-13-18-32(28-34)33-26-27-40-42(29-33)50-41-25-12-11-24-39(41)46(40)37-22-9-7-20-35(37)36-21-8-10-23-38(36)46/h1-29,43H,(H,47,48,49). The van der Waals surface area contributed by atoms with Crippen LogP contribution in [0.15, 0.2) is 186 Å². The van der Waals surface area contributed by atoms with Gasteiger partial charge < -0.3 is 10.1 Å². The van der Waals surface area contributed by atoms with Crippen molar-refractivity contribution in [1.29, 1.82) is 0 Å². The third-order valence-electron chi connectivity index (χ3n) is 10.2. The highest BCUT2D eigenvalue weighted by atomic mass is 16.5. The molecule has 7 aromatic rings. The number of amidine groups is 2. The van der Waals surface area contributed by atoms with E-state index < -0.39 is 5.41 Å². The quantitative estimate of drug-likeness (QED) is 0.208. The number of para-hydroxylation sites is 1. The fourth-order valence-electron chi connectivity index (χ4n) is 8.00. The van der Waals surface area contributed by atoms with Gasteiger partial charge in [0.1, 0.15) is 23.2 Å². The van der Waals surface area contributed by atoms with Crippen molar-refractivity contribution in [3.63, 3.8) is 0 Å². The van der Waals surface area contributed by atoms with E-state index in [1.54, 1.807) is 0 Å². The van der Waals surface area contributed by atoms with Gasteiger partial charge in [0.2, 0.25) is 0 Å². The van der Waals surface area contributed by atoms with Gasteiger partial charge >= 0.3 is 0 Å². The molecular weight excluding hydrogens is 611 g/mol. The molecule has 50 heavy (non-hydrogen) atoms. The molecule has 1 N–H and O–H groups in total. The van der Waals surface area contributed by atoms with Gasteiger partial charge in [-0.25, -0.2) is 9.98 Å². The van der Waals surface area contributed by atoms with Crippen LogP contribution >= 0.6 is 0 Å². The summed E-state index contributed by atoms with van der Waals surface area (Å²) in [6.07, 6.45) is -0.350. The molecule has 2 aliphatic heterocycles. The van der Waals surface area contributed by atoms with Crippen molar-refractivity contribution in [3.05, 3.63) is 215 Å². The first-order valence-electron chi connectivity index (χ1n) is 17.0. The molecule has 1 aliphatic carbocycles. The van der Waals surface area contributed by atoms with Crippen LogP contribution in [0.3, 0.4) is 0 Å². The average molecular weight is 642 g/mol. The van der Waals surface area contributed by atoms with E-state index in [0.29, 0.717) is 0 Å². The van der Waals surface area contributed by atoms with Gasteiger partial charge in [0.15, 0.2) is 6.17 Å². The Morgan fingerprint density at radius 2 is 0.960 bits per heavy atom.